The molecule has 0 bridgehead atoms. The van der Waals surface area contributed by atoms with Crippen molar-refractivity contribution < 1.29 is 16.5 Å². The molecule has 0 spiro atoms. The van der Waals surface area contributed by atoms with E-state index in [1.54, 1.807) is 0 Å². The van der Waals surface area contributed by atoms with Crippen LogP contribution in [0.1, 0.15) is 6.42 Å². The number of hydrogen-bond donors (Lipinski definition) is 1. The lowest BCUT2D eigenvalue weighted by Gasteiger charge is -2.43. The topological polar surface area (TPSA) is 62.9 Å². The lowest BCUT2D eigenvalue weighted by Crippen LogP contribution is -2.59. The Labute approximate surface area is 155 Å². The van der Waals surface area contributed by atoms with Crippen LogP contribution in [-0.4, -0.2) is 48.9 Å². The van der Waals surface area contributed by atoms with Gasteiger partial charge in [-0.25, -0.2) is 0 Å². The summed E-state index contributed by atoms with van der Waals surface area (Å²) in [5.41, 5.74) is 5.75. The van der Waals surface area contributed by atoms with Gasteiger partial charge in [0.2, 0.25) is 0 Å². The molecule has 2 N–H and O–H groups in total. The van der Waals surface area contributed by atoms with E-state index in [2.05, 4.69) is 72.0 Å². The monoisotopic (exact) mass is 427 g/mol. The van der Waals surface area contributed by atoms with Crippen LogP contribution in [0, 0.1) is 0 Å². The maximum Gasteiger partial charge on any atom is 0.317 e. The van der Waals surface area contributed by atoms with E-state index in [0.29, 0.717) is 6.54 Å². The third-order valence-electron chi connectivity index (χ3n) is 2.86. The molecule has 0 fully saturated rings. The SMILES string of the molecule is C[Si](C)(C)O[Si](C)(C)O[Si](C)(CCCN)O[Si](C)(C)O[Si](C)(C)C. The first-order valence-corrected chi connectivity index (χ1v) is 23.9. The molecule has 0 saturated carbocycles. The van der Waals surface area contributed by atoms with E-state index in [0.717, 1.165) is 12.5 Å². The van der Waals surface area contributed by atoms with Crippen molar-refractivity contribution in [1.82, 2.24) is 0 Å². The minimum atomic E-state index is -2.40. The van der Waals surface area contributed by atoms with Crippen molar-refractivity contribution in [3.05, 3.63) is 0 Å². The zero-order valence-electron chi connectivity index (χ0n) is 17.8. The smallest absolute Gasteiger partial charge is 0.317 e. The fourth-order valence-electron chi connectivity index (χ4n) is 3.10. The Kier molecular flexibility index (Phi) is 9.04. The molecule has 0 amide bonds. The van der Waals surface area contributed by atoms with Crippen LogP contribution in [0.4, 0.5) is 0 Å². The van der Waals surface area contributed by atoms with Crippen LogP contribution in [0.15, 0.2) is 0 Å². The summed E-state index contributed by atoms with van der Waals surface area (Å²) in [7, 11) is -10.2. The Morgan fingerprint density at radius 3 is 1.17 bits per heavy atom. The molecule has 10 heteroatoms. The van der Waals surface area contributed by atoms with Gasteiger partial charge in [0.15, 0.2) is 16.6 Å². The molecular formula is C14H41NO4Si5. The lowest BCUT2D eigenvalue weighted by atomic mass is 10.5. The highest BCUT2D eigenvalue weighted by Crippen LogP contribution is 2.29. The lowest BCUT2D eigenvalue weighted by molar-refractivity contribution is 0.292. The van der Waals surface area contributed by atoms with Gasteiger partial charge in [-0.2, -0.15) is 0 Å². The Morgan fingerprint density at radius 2 is 0.917 bits per heavy atom. The Hall–Kier alpha value is 0.884. The minimum Gasteiger partial charge on any atom is -0.437 e. The summed E-state index contributed by atoms with van der Waals surface area (Å²) in [6.07, 6.45) is 0.914. The van der Waals surface area contributed by atoms with Gasteiger partial charge in [-0.1, -0.05) is 0 Å². The minimum absolute atomic E-state index is 0.656. The molecule has 0 aliphatic rings. The Balaban J connectivity index is 5.26. The van der Waals surface area contributed by atoms with Crippen LogP contribution >= 0.6 is 0 Å². The first-order valence-electron chi connectivity index (χ1n) is 8.89. The second-order valence-electron chi connectivity index (χ2n) is 9.46. The van der Waals surface area contributed by atoms with Crippen LogP contribution in [0.5, 0.6) is 0 Å². The van der Waals surface area contributed by atoms with Crippen LogP contribution in [0.3, 0.4) is 0 Å². The molecule has 0 aromatic carbocycles. The molecule has 0 rings (SSSR count). The molecular weight excluding hydrogens is 387 g/mol. The third kappa shape index (κ3) is 12.3. The van der Waals surface area contributed by atoms with Gasteiger partial charge in [-0.05, 0) is 91.0 Å². The predicted molar refractivity (Wildman–Crippen MR) is 116 cm³/mol. The molecule has 0 aromatic rings. The van der Waals surface area contributed by atoms with Gasteiger partial charge in [0.05, 0.1) is 0 Å². The first-order chi connectivity index (χ1) is 10.4. The van der Waals surface area contributed by atoms with Crippen molar-refractivity contribution in [3.63, 3.8) is 0 Å². The normalized spacial score (nSPS) is 15.0. The van der Waals surface area contributed by atoms with Crippen LogP contribution in [-0.2, 0) is 16.5 Å². The molecule has 0 atom stereocenters. The average Bonchev–Trinajstić information content (AvgIpc) is 2.16. The summed E-state index contributed by atoms with van der Waals surface area (Å²) in [4.78, 5) is 0. The predicted octanol–water partition coefficient (Wildman–Crippen LogP) is 4.55. The van der Waals surface area contributed by atoms with Crippen LogP contribution < -0.4 is 5.73 Å². The fraction of sp³-hybridized carbons (Fsp3) is 1.00. The van der Waals surface area contributed by atoms with E-state index in [4.69, 9.17) is 22.2 Å². The Morgan fingerprint density at radius 1 is 0.583 bits per heavy atom. The number of rotatable bonds is 11. The highest BCUT2D eigenvalue weighted by atomic mass is 28.5. The second kappa shape index (κ2) is 8.72. The van der Waals surface area contributed by atoms with Gasteiger partial charge >= 0.3 is 25.7 Å². The summed E-state index contributed by atoms with van der Waals surface area (Å²) in [6.45, 7) is 24.6. The number of hydrogen-bond acceptors (Lipinski definition) is 5. The van der Waals surface area contributed by atoms with Crippen molar-refractivity contribution in [1.29, 1.82) is 0 Å². The van der Waals surface area contributed by atoms with Gasteiger partial charge < -0.3 is 22.2 Å². The van der Waals surface area contributed by atoms with Gasteiger partial charge in [0.25, 0.3) is 0 Å². The van der Waals surface area contributed by atoms with Crippen molar-refractivity contribution >= 4 is 42.3 Å². The van der Waals surface area contributed by atoms with Crippen molar-refractivity contribution in [2.45, 2.75) is 84.5 Å². The molecule has 24 heavy (non-hydrogen) atoms. The summed E-state index contributed by atoms with van der Waals surface area (Å²) in [6, 6.07) is 0.889. The zero-order valence-corrected chi connectivity index (χ0v) is 22.8. The van der Waals surface area contributed by atoms with Gasteiger partial charge in [-0.3, -0.25) is 0 Å². The quantitative estimate of drug-likeness (QED) is 0.490. The summed E-state index contributed by atoms with van der Waals surface area (Å²) < 4.78 is 26.0. The van der Waals surface area contributed by atoms with Gasteiger partial charge in [-0.15, -0.1) is 0 Å². The molecule has 0 aliphatic carbocycles. The van der Waals surface area contributed by atoms with Gasteiger partial charge in [0, 0.05) is 0 Å². The van der Waals surface area contributed by atoms with E-state index < -0.39 is 42.3 Å². The van der Waals surface area contributed by atoms with E-state index in [9.17, 15) is 0 Å². The maximum absolute atomic E-state index is 6.64. The summed E-state index contributed by atoms with van der Waals surface area (Å²) in [5.74, 6) is 0. The number of nitrogens with two attached hydrogens (primary N) is 1. The van der Waals surface area contributed by atoms with Crippen LogP contribution in [0.25, 0.3) is 0 Å². The molecule has 0 radical (unpaired) electrons. The summed E-state index contributed by atoms with van der Waals surface area (Å²) >= 11 is 0. The largest absolute Gasteiger partial charge is 0.437 e. The molecule has 0 heterocycles. The molecule has 146 valence electrons. The van der Waals surface area contributed by atoms with Gasteiger partial charge in [0.1, 0.15) is 0 Å². The highest BCUT2D eigenvalue weighted by molar-refractivity contribution is 6.90. The van der Waals surface area contributed by atoms with Crippen molar-refractivity contribution in [3.8, 4) is 0 Å². The van der Waals surface area contributed by atoms with Crippen molar-refractivity contribution in [2.75, 3.05) is 6.54 Å². The average molecular weight is 428 g/mol. The third-order valence-corrected chi connectivity index (χ3v) is 20.3. The van der Waals surface area contributed by atoms with E-state index in [1.807, 2.05) is 0 Å². The summed E-state index contributed by atoms with van der Waals surface area (Å²) in [5, 5.41) is 0. The molecule has 0 aromatic heterocycles. The second-order valence-corrected chi connectivity index (χ2v) is 29.5. The standard InChI is InChI=1S/C14H41NO4Si5/c1-20(2,3)16-22(7,8)18-24(11,14-12-13-15)19-23(9,10)17-21(4,5)6/h12-15H2,1-11H3. The van der Waals surface area contributed by atoms with E-state index >= 15 is 0 Å². The van der Waals surface area contributed by atoms with E-state index in [-0.39, 0.29) is 0 Å². The zero-order chi connectivity index (χ0) is 19.4. The van der Waals surface area contributed by atoms with E-state index in [1.165, 1.54) is 0 Å². The van der Waals surface area contributed by atoms with Crippen LogP contribution in [0.2, 0.25) is 78.1 Å². The first kappa shape index (κ1) is 24.9. The molecule has 0 unspecified atom stereocenters. The molecule has 0 aliphatic heterocycles. The fourth-order valence-corrected chi connectivity index (χ4v) is 26.5. The van der Waals surface area contributed by atoms with Crippen molar-refractivity contribution in [2.24, 2.45) is 5.73 Å². The highest BCUT2D eigenvalue weighted by Gasteiger charge is 2.46. The Bertz CT molecular complexity index is 364. The molecule has 0 saturated heterocycles. The molecule has 5 nitrogen and oxygen atoms in total. The maximum atomic E-state index is 6.64.